The second-order valence-electron chi connectivity index (χ2n) is 9.55. The number of fused-ring (bicyclic) bond motifs is 1. The molecule has 4 aromatic rings. The number of allylic oxidation sites excluding steroid dienone is 1. The normalized spacial score (nSPS) is 14.1. The van der Waals surface area contributed by atoms with Gasteiger partial charge in [0, 0.05) is 20.9 Å². The number of ether oxygens (including phenoxy) is 3. The maximum Gasteiger partial charge on any atom is 0.338 e. The third-order valence-corrected chi connectivity index (χ3v) is 8.32. The minimum absolute atomic E-state index is 0.0814. The van der Waals surface area contributed by atoms with Gasteiger partial charge in [-0.05, 0) is 60.9 Å². The number of carbonyl (C=O) groups excluding carboxylic acids is 1. The number of esters is 1. The molecule has 1 aliphatic heterocycles. The zero-order valence-corrected chi connectivity index (χ0v) is 26.8. The van der Waals surface area contributed by atoms with Crippen LogP contribution < -0.4 is 14.8 Å². The van der Waals surface area contributed by atoms with Crippen molar-refractivity contribution in [2.24, 2.45) is 0 Å². The van der Waals surface area contributed by atoms with Crippen LogP contribution in [0.2, 0.25) is 5.02 Å². The second-order valence-corrected chi connectivity index (χ2v) is 11.8. The Kier molecular flexibility index (Phi) is 10.1. The van der Waals surface area contributed by atoms with E-state index >= 15 is 0 Å². The fourth-order valence-electron chi connectivity index (χ4n) is 4.61. The van der Waals surface area contributed by atoms with Crippen molar-refractivity contribution in [3.05, 3.63) is 117 Å². The van der Waals surface area contributed by atoms with Gasteiger partial charge in [0.15, 0.2) is 11.5 Å². The Morgan fingerprint density at radius 2 is 1.98 bits per heavy atom. The lowest BCUT2D eigenvalue weighted by Gasteiger charge is -2.28. The van der Waals surface area contributed by atoms with Crippen LogP contribution in [0.1, 0.15) is 36.6 Å². The van der Waals surface area contributed by atoms with Crippen LogP contribution in [0.3, 0.4) is 0 Å². The molecule has 5 rings (SSSR count). The molecule has 1 atom stereocenters. The molecule has 0 amide bonds. The van der Waals surface area contributed by atoms with E-state index in [-0.39, 0.29) is 6.61 Å². The minimum atomic E-state index is -0.630. The van der Waals surface area contributed by atoms with Gasteiger partial charge in [0.1, 0.15) is 19.3 Å². The Bertz CT molecular complexity index is 1670. The number of rotatable bonds is 12. The van der Waals surface area contributed by atoms with Gasteiger partial charge >= 0.3 is 5.97 Å². The Morgan fingerprint density at radius 1 is 1.14 bits per heavy atom. The first-order valence-corrected chi connectivity index (χ1v) is 15.8. The van der Waals surface area contributed by atoms with Gasteiger partial charge in [-0.1, -0.05) is 88.3 Å². The Labute approximate surface area is 268 Å². The number of halogens is 2. The zero-order valence-electron chi connectivity index (χ0n) is 23.7. The molecule has 0 bridgehead atoms. The highest BCUT2D eigenvalue weighted by molar-refractivity contribution is 9.10. The van der Waals surface area contributed by atoms with Crippen LogP contribution >= 0.6 is 39.3 Å². The van der Waals surface area contributed by atoms with Gasteiger partial charge in [-0.25, -0.2) is 9.48 Å². The molecule has 222 valence electrons. The average molecular weight is 682 g/mol. The summed E-state index contributed by atoms with van der Waals surface area (Å²) in [6.45, 7) is 8.29. The van der Waals surface area contributed by atoms with Gasteiger partial charge in [0.2, 0.25) is 11.1 Å². The lowest BCUT2D eigenvalue weighted by molar-refractivity contribution is -0.138. The molecule has 1 aliphatic rings. The van der Waals surface area contributed by atoms with Gasteiger partial charge in [-0.2, -0.15) is 4.98 Å². The fraction of sp³-hybridized carbons (Fsp3) is 0.219. The molecular weight excluding hydrogens is 652 g/mol. The van der Waals surface area contributed by atoms with Gasteiger partial charge in [0.05, 0.1) is 12.2 Å². The molecule has 2 heterocycles. The highest BCUT2D eigenvalue weighted by Gasteiger charge is 2.36. The topological polar surface area (TPSA) is 87.5 Å². The Morgan fingerprint density at radius 3 is 2.74 bits per heavy atom. The summed E-state index contributed by atoms with van der Waals surface area (Å²) in [5.41, 5.74) is 3.79. The molecular formula is C32H30BrClN4O4S. The molecule has 1 N–H and O–H groups in total. The van der Waals surface area contributed by atoms with E-state index in [0.29, 0.717) is 57.9 Å². The summed E-state index contributed by atoms with van der Waals surface area (Å²) in [5, 5.41) is 9.27. The summed E-state index contributed by atoms with van der Waals surface area (Å²) in [6, 6.07) is 20.6. The summed E-state index contributed by atoms with van der Waals surface area (Å²) in [7, 11) is 0. The smallest absolute Gasteiger partial charge is 0.338 e. The Balaban J connectivity index is 1.49. The molecule has 1 unspecified atom stereocenters. The van der Waals surface area contributed by atoms with Crippen molar-refractivity contribution in [1.82, 2.24) is 14.8 Å². The van der Waals surface area contributed by atoms with Gasteiger partial charge < -0.3 is 19.5 Å². The van der Waals surface area contributed by atoms with E-state index < -0.39 is 12.0 Å². The summed E-state index contributed by atoms with van der Waals surface area (Å²) in [6.07, 6.45) is 1.54. The number of nitrogens with zero attached hydrogens (tertiary/aromatic N) is 3. The standard InChI is InChI=1S/C32H30BrClN4O4S/c1-4-15-41-30(39)28-20(3)35-31-36-32(43-19-23-10-6-7-12-25(23)34)37-38(31)29(28)22-13-14-26(27(17-22)40-5-2)42-18-21-9-8-11-24(33)16-21/h4,6-14,16-17,29H,1,5,15,18-19H2,2-3H3,(H,35,36,37). The number of hydrogen-bond donors (Lipinski definition) is 1. The van der Waals surface area contributed by atoms with Crippen molar-refractivity contribution >= 4 is 51.2 Å². The minimum Gasteiger partial charge on any atom is -0.490 e. The maximum atomic E-state index is 13.4. The largest absolute Gasteiger partial charge is 0.490 e. The summed E-state index contributed by atoms with van der Waals surface area (Å²) in [4.78, 5) is 18.1. The van der Waals surface area contributed by atoms with E-state index in [9.17, 15) is 4.79 Å². The number of hydrogen-bond acceptors (Lipinski definition) is 8. The number of nitrogens with one attached hydrogen (secondary N) is 1. The molecule has 8 nitrogen and oxygen atoms in total. The first-order chi connectivity index (χ1) is 20.9. The molecule has 0 spiro atoms. The van der Waals surface area contributed by atoms with Crippen LogP contribution in [0.25, 0.3) is 0 Å². The van der Waals surface area contributed by atoms with Crippen molar-refractivity contribution in [1.29, 1.82) is 0 Å². The molecule has 0 radical (unpaired) electrons. The summed E-state index contributed by atoms with van der Waals surface area (Å²) >= 11 is 11.3. The van der Waals surface area contributed by atoms with E-state index in [1.807, 2.05) is 80.6 Å². The van der Waals surface area contributed by atoms with Gasteiger partial charge in [0.25, 0.3) is 0 Å². The van der Waals surface area contributed by atoms with E-state index in [1.54, 1.807) is 4.68 Å². The van der Waals surface area contributed by atoms with Crippen molar-refractivity contribution in [3.8, 4) is 11.5 Å². The van der Waals surface area contributed by atoms with Crippen molar-refractivity contribution < 1.29 is 19.0 Å². The van der Waals surface area contributed by atoms with Crippen LogP contribution in [0.15, 0.2) is 100 Å². The average Bonchev–Trinajstić information content (AvgIpc) is 3.40. The van der Waals surface area contributed by atoms with E-state index in [2.05, 4.69) is 27.8 Å². The molecule has 0 saturated heterocycles. The molecule has 0 saturated carbocycles. The van der Waals surface area contributed by atoms with Gasteiger partial charge in [-0.15, -0.1) is 5.10 Å². The third-order valence-electron chi connectivity index (χ3n) is 6.57. The first-order valence-electron chi connectivity index (χ1n) is 13.6. The predicted molar refractivity (Wildman–Crippen MR) is 173 cm³/mol. The predicted octanol–water partition coefficient (Wildman–Crippen LogP) is 7.98. The van der Waals surface area contributed by atoms with Crippen LogP contribution in [0, 0.1) is 0 Å². The number of thioether (sulfide) groups is 1. The number of benzene rings is 3. The van der Waals surface area contributed by atoms with E-state index in [1.165, 1.54) is 17.8 Å². The first kappa shape index (κ1) is 30.7. The highest BCUT2D eigenvalue weighted by Crippen LogP contribution is 2.40. The lowest BCUT2D eigenvalue weighted by atomic mass is 9.95. The van der Waals surface area contributed by atoms with Crippen LogP contribution in [-0.2, 0) is 21.9 Å². The highest BCUT2D eigenvalue weighted by atomic mass is 79.9. The van der Waals surface area contributed by atoms with Crippen LogP contribution in [-0.4, -0.2) is 33.9 Å². The molecule has 1 aromatic heterocycles. The lowest BCUT2D eigenvalue weighted by Crippen LogP contribution is -2.29. The fourth-order valence-corrected chi connectivity index (χ4v) is 6.17. The zero-order chi connectivity index (χ0) is 30.3. The van der Waals surface area contributed by atoms with Crippen molar-refractivity contribution in [2.75, 3.05) is 18.5 Å². The second kappa shape index (κ2) is 14.2. The SMILES string of the molecule is C=CCOC(=O)C1=C(C)Nc2nc(SCc3ccccc3Cl)nn2C1c1ccc(OCc2cccc(Br)c2)c(OCC)c1. The summed E-state index contributed by atoms with van der Waals surface area (Å²) < 4.78 is 20.3. The molecule has 0 aliphatic carbocycles. The molecule has 43 heavy (non-hydrogen) atoms. The van der Waals surface area contributed by atoms with Crippen LogP contribution in [0.5, 0.6) is 11.5 Å². The molecule has 0 fully saturated rings. The van der Waals surface area contributed by atoms with Crippen molar-refractivity contribution in [2.45, 2.75) is 37.4 Å². The summed E-state index contributed by atoms with van der Waals surface area (Å²) in [5.74, 6) is 1.77. The molecule has 3 aromatic carbocycles. The Hall–Kier alpha value is -3.73. The van der Waals surface area contributed by atoms with E-state index in [4.69, 9.17) is 35.9 Å². The van der Waals surface area contributed by atoms with Crippen molar-refractivity contribution in [3.63, 3.8) is 0 Å². The number of carbonyl (C=O) groups is 1. The molecule has 11 heteroatoms. The maximum absolute atomic E-state index is 13.4. The number of aromatic nitrogens is 3. The van der Waals surface area contributed by atoms with E-state index in [0.717, 1.165) is 21.2 Å². The number of anilines is 1. The third kappa shape index (κ3) is 7.26. The monoisotopic (exact) mass is 680 g/mol. The van der Waals surface area contributed by atoms with Gasteiger partial charge in [-0.3, -0.25) is 0 Å². The quantitative estimate of drug-likeness (QED) is 0.0915. The van der Waals surface area contributed by atoms with Crippen LogP contribution in [0.4, 0.5) is 5.95 Å².